The van der Waals surface area contributed by atoms with Gasteiger partial charge in [0, 0.05) is 6.07 Å². The molecule has 0 saturated carbocycles. The Morgan fingerprint density at radius 2 is 2.33 bits per heavy atom. The Hall–Kier alpha value is -2.31. The molecule has 7 nitrogen and oxygen atoms in total. The van der Waals surface area contributed by atoms with Crippen molar-refractivity contribution in [1.82, 2.24) is 4.98 Å². The molecule has 18 heavy (non-hydrogen) atoms. The minimum atomic E-state index is -0.966. The fourth-order valence-corrected chi connectivity index (χ4v) is 1.76. The van der Waals surface area contributed by atoms with Crippen molar-refractivity contribution in [3.63, 3.8) is 0 Å². The first kappa shape index (κ1) is 12.2. The van der Waals surface area contributed by atoms with Crippen molar-refractivity contribution >= 4 is 17.8 Å². The van der Waals surface area contributed by atoms with Gasteiger partial charge in [-0.2, -0.15) is 4.98 Å². The van der Waals surface area contributed by atoms with Crippen LogP contribution in [0.2, 0.25) is 0 Å². The molecule has 0 spiro atoms. The highest BCUT2D eigenvalue weighted by molar-refractivity contribution is 5.95. The van der Waals surface area contributed by atoms with Crippen LogP contribution in [0.25, 0.3) is 0 Å². The normalized spacial score (nSPS) is 18.3. The van der Waals surface area contributed by atoms with Gasteiger partial charge < -0.3 is 20.5 Å². The molecule has 7 heteroatoms. The van der Waals surface area contributed by atoms with Gasteiger partial charge in [-0.05, 0) is 24.5 Å². The molecule has 96 valence electrons. The summed E-state index contributed by atoms with van der Waals surface area (Å²) >= 11 is 0. The number of hydrogen-bond acceptors (Lipinski definition) is 5. The van der Waals surface area contributed by atoms with E-state index < -0.39 is 18.1 Å². The maximum atomic E-state index is 11.8. The van der Waals surface area contributed by atoms with E-state index in [-0.39, 0.29) is 0 Å². The van der Waals surface area contributed by atoms with Crippen molar-refractivity contribution in [1.29, 1.82) is 0 Å². The van der Waals surface area contributed by atoms with Crippen LogP contribution in [-0.4, -0.2) is 30.2 Å². The number of carbonyl (C=O) groups excluding carboxylic acids is 2. The zero-order valence-corrected chi connectivity index (χ0v) is 9.80. The Bertz CT molecular complexity index is 489. The molecule has 0 aliphatic carbocycles. The molecule has 0 saturated heterocycles. The van der Waals surface area contributed by atoms with Gasteiger partial charge in [-0.1, -0.05) is 0 Å². The van der Waals surface area contributed by atoms with Gasteiger partial charge >= 0.3 is 6.09 Å². The smallest absolute Gasteiger partial charge is 0.405 e. The highest BCUT2D eigenvalue weighted by atomic mass is 16.6. The number of amides is 2. The average Bonchev–Trinajstić information content (AvgIpc) is 2.48. The number of fused-ring (bicyclic) bond motifs is 1. The largest absolute Gasteiger partial charge is 0.481 e. The molecule has 1 aliphatic heterocycles. The van der Waals surface area contributed by atoms with Gasteiger partial charge in [0.2, 0.25) is 5.88 Å². The first-order chi connectivity index (χ1) is 8.60. The third-order valence-electron chi connectivity index (χ3n) is 2.63. The van der Waals surface area contributed by atoms with Gasteiger partial charge in [-0.3, -0.25) is 4.79 Å². The Morgan fingerprint density at radius 3 is 3.00 bits per heavy atom. The molecule has 3 N–H and O–H groups in total. The number of pyridine rings is 1. The van der Waals surface area contributed by atoms with E-state index in [1.54, 1.807) is 6.07 Å². The second-order valence-corrected chi connectivity index (χ2v) is 3.81. The monoisotopic (exact) mass is 251 g/mol. The van der Waals surface area contributed by atoms with E-state index in [2.05, 4.69) is 10.3 Å². The summed E-state index contributed by atoms with van der Waals surface area (Å²) in [4.78, 5) is 26.6. The number of methoxy groups -OCH3 is 1. The fourth-order valence-electron chi connectivity index (χ4n) is 1.76. The molecule has 0 aromatic carbocycles. The summed E-state index contributed by atoms with van der Waals surface area (Å²) in [6.45, 7) is 0. The highest BCUT2D eigenvalue weighted by Gasteiger charge is 2.27. The van der Waals surface area contributed by atoms with Gasteiger partial charge in [-0.25, -0.2) is 4.79 Å². The Kier molecular flexibility index (Phi) is 3.31. The van der Waals surface area contributed by atoms with Crippen molar-refractivity contribution in [2.24, 2.45) is 5.73 Å². The van der Waals surface area contributed by atoms with Crippen LogP contribution in [0.5, 0.6) is 5.88 Å². The number of nitrogens with two attached hydrogens (primary N) is 1. The van der Waals surface area contributed by atoms with Gasteiger partial charge in [-0.15, -0.1) is 0 Å². The van der Waals surface area contributed by atoms with E-state index in [9.17, 15) is 9.59 Å². The standard InChI is InChI=1S/C11H13N3O4/c1-17-8-5-3-6-2-4-7(18-11(12)16)10(15)14-9(6)13-8/h3,5,7H,2,4H2,1H3,(H2,12,16)(H,13,14,15)/t7-/m0/s1. The topological polar surface area (TPSA) is 104 Å². The lowest BCUT2D eigenvalue weighted by Crippen LogP contribution is -2.33. The molecule has 0 unspecified atom stereocenters. The van der Waals surface area contributed by atoms with Crippen molar-refractivity contribution in [2.75, 3.05) is 12.4 Å². The van der Waals surface area contributed by atoms with Crippen molar-refractivity contribution in [2.45, 2.75) is 18.9 Å². The molecule has 2 rings (SSSR count). The minimum Gasteiger partial charge on any atom is -0.481 e. The molecule has 2 amide bonds. The van der Waals surface area contributed by atoms with E-state index in [0.717, 1.165) is 5.56 Å². The molecular formula is C11H13N3O4. The van der Waals surface area contributed by atoms with Gasteiger partial charge in [0.05, 0.1) is 7.11 Å². The molecule has 1 atom stereocenters. The number of ether oxygens (including phenoxy) is 2. The highest BCUT2D eigenvalue weighted by Crippen LogP contribution is 2.23. The Morgan fingerprint density at radius 1 is 1.56 bits per heavy atom. The predicted molar refractivity (Wildman–Crippen MR) is 62.2 cm³/mol. The number of nitrogens with zero attached hydrogens (tertiary/aromatic N) is 1. The molecule has 2 heterocycles. The van der Waals surface area contributed by atoms with E-state index in [1.165, 1.54) is 7.11 Å². The van der Waals surface area contributed by atoms with Crippen molar-refractivity contribution < 1.29 is 19.1 Å². The summed E-state index contributed by atoms with van der Waals surface area (Å²) in [6.07, 6.45) is -0.923. The van der Waals surface area contributed by atoms with Crippen LogP contribution in [0.3, 0.4) is 0 Å². The SMILES string of the molecule is COc1ccc2c(n1)NC(=O)[C@@H](OC(N)=O)CC2. The van der Waals surface area contributed by atoms with E-state index >= 15 is 0 Å². The van der Waals surface area contributed by atoms with Crippen LogP contribution in [0.1, 0.15) is 12.0 Å². The van der Waals surface area contributed by atoms with Gasteiger partial charge in [0.25, 0.3) is 5.91 Å². The van der Waals surface area contributed by atoms with Crippen LogP contribution < -0.4 is 15.8 Å². The lowest BCUT2D eigenvalue weighted by atomic mass is 10.1. The number of primary amides is 1. The van der Waals surface area contributed by atoms with Crippen molar-refractivity contribution in [3.8, 4) is 5.88 Å². The summed E-state index contributed by atoms with van der Waals surface area (Å²) in [5, 5.41) is 2.59. The zero-order valence-electron chi connectivity index (χ0n) is 9.80. The fraction of sp³-hybridized carbons (Fsp3) is 0.364. The number of rotatable bonds is 2. The number of nitrogens with one attached hydrogen (secondary N) is 1. The maximum Gasteiger partial charge on any atom is 0.405 e. The Balaban J connectivity index is 2.22. The first-order valence-corrected chi connectivity index (χ1v) is 5.41. The minimum absolute atomic E-state index is 0.371. The van der Waals surface area contributed by atoms with E-state index in [1.807, 2.05) is 6.07 Å². The summed E-state index contributed by atoms with van der Waals surface area (Å²) in [5.41, 5.74) is 5.77. The lowest BCUT2D eigenvalue weighted by Gasteiger charge is -2.11. The summed E-state index contributed by atoms with van der Waals surface area (Å²) in [7, 11) is 1.49. The zero-order chi connectivity index (χ0) is 13.1. The maximum absolute atomic E-state index is 11.8. The number of aromatic nitrogens is 1. The molecule has 1 aromatic rings. The Labute approximate surface area is 103 Å². The second-order valence-electron chi connectivity index (χ2n) is 3.81. The van der Waals surface area contributed by atoms with E-state index in [0.29, 0.717) is 24.5 Å². The first-order valence-electron chi connectivity index (χ1n) is 5.41. The summed E-state index contributed by atoms with van der Waals surface area (Å²) < 4.78 is 9.72. The number of hydrogen-bond donors (Lipinski definition) is 2. The third kappa shape index (κ3) is 2.50. The predicted octanol–water partition coefficient (Wildman–Crippen LogP) is 0.439. The lowest BCUT2D eigenvalue weighted by molar-refractivity contribution is -0.124. The summed E-state index contributed by atoms with van der Waals surface area (Å²) in [6, 6.07) is 3.52. The van der Waals surface area contributed by atoms with Gasteiger partial charge in [0.1, 0.15) is 5.82 Å². The molecule has 0 fully saturated rings. The van der Waals surface area contributed by atoms with E-state index in [4.69, 9.17) is 15.2 Å². The van der Waals surface area contributed by atoms with Crippen LogP contribution in [0.4, 0.5) is 10.6 Å². The van der Waals surface area contributed by atoms with Crippen molar-refractivity contribution in [3.05, 3.63) is 17.7 Å². The van der Waals surface area contributed by atoms with Crippen LogP contribution >= 0.6 is 0 Å². The van der Waals surface area contributed by atoms with Crippen LogP contribution in [0.15, 0.2) is 12.1 Å². The second kappa shape index (κ2) is 4.91. The third-order valence-corrected chi connectivity index (χ3v) is 2.63. The number of anilines is 1. The quantitative estimate of drug-likeness (QED) is 0.793. The summed E-state index contributed by atoms with van der Waals surface area (Å²) in [5.74, 6) is 0.395. The van der Waals surface area contributed by atoms with Crippen LogP contribution in [0, 0.1) is 0 Å². The van der Waals surface area contributed by atoms with Gasteiger partial charge in [0.15, 0.2) is 6.10 Å². The van der Waals surface area contributed by atoms with Crippen LogP contribution in [-0.2, 0) is 16.0 Å². The molecule has 1 aliphatic rings. The number of carbonyl (C=O) groups is 2. The molecule has 0 bridgehead atoms. The molecular weight excluding hydrogens is 238 g/mol. The number of aryl methyl sites for hydroxylation is 1. The molecule has 0 radical (unpaired) electrons. The average molecular weight is 251 g/mol. The molecule has 1 aromatic heterocycles.